The summed E-state index contributed by atoms with van der Waals surface area (Å²) in [4.78, 5) is 23.3. The Bertz CT molecular complexity index is 520. The largest absolute Gasteiger partial charge is 0.491 e. The molecule has 1 aromatic carbocycles. The molecule has 23 heavy (non-hydrogen) atoms. The maximum absolute atomic E-state index is 11.9. The van der Waals surface area contributed by atoms with Crippen LogP contribution in [0.15, 0.2) is 24.3 Å². The fourth-order valence-electron chi connectivity index (χ4n) is 2.23. The van der Waals surface area contributed by atoms with E-state index in [9.17, 15) is 9.59 Å². The molecule has 0 radical (unpaired) electrons. The molecule has 126 valence electrons. The predicted molar refractivity (Wildman–Crippen MR) is 84.5 cm³/mol. The van der Waals surface area contributed by atoms with Gasteiger partial charge in [-0.25, -0.2) is 4.79 Å². The van der Waals surface area contributed by atoms with Crippen LogP contribution in [0.3, 0.4) is 0 Å². The Labute approximate surface area is 136 Å². The van der Waals surface area contributed by atoms with Crippen molar-refractivity contribution in [1.29, 1.82) is 0 Å². The van der Waals surface area contributed by atoms with Crippen LogP contribution in [0.1, 0.15) is 37.0 Å². The summed E-state index contributed by atoms with van der Waals surface area (Å²) < 4.78 is 16.1. The van der Waals surface area contributed by atoms with Crippen molar-refractivity contribution in [3.05, 3.63) is 29.8 Å². The highest BCUT2D eigenvalue weighted by atomic mass is 16.5. The quantitative estimate of drug-likeness (QED) is 0.777. The van der Waals surface area contributed by atoms with Crippen molar-refractivity contribution >= 4 is 11.9 Å². The molecule has 1 amide bonds. The van der Waals surface area contributed by atoms with Gasteiger partial charge in [-0.2, -0.15) is 0 Å². The fraction of sp³-hybridized carbons (Fsp3) is 0.529. The summed E-state index contributed by atoms with van der Waals surface area (Å²) in [7, 11) is 0. The van der Waals surface area contributed by atoms with Gasteiger partial charge in [0.2, 0.25) is 0 Å². The molecule has 6 heteroatoms. The van der Waals surface area contributed by atoms with Crippen molar-refractivity contribution in [2.45, 2.75) is 38.8 Å². The second-order valence-electron chi connectivity index (χ2n) is 5.77. The molecule has 0 saturated carbocycles. The number of ether oxygens (including phenoxy) is 3. The molecule has 0 aliphatic carbocycles. The summed E-state index contributed by atoms with van der Waals surface area (Å²) in [6.45, 7) is 4.71. The summed E-state index contributed by atoms with van der Waals surface area (Å²) in [6.07, 6.45) is 2.24. The topological polar surface area (TPSA) is 73.9 Å². The zero-order valence-electron chi connectivity index (χ0n) is 13.5. The molecule has 0 bridgehead atoms. The fourth-order valence-corrected chi connectivity index (χ4v) is 2.23. The highest BCUT2D eigenvalue weighted by Gasteiger charge is 2.16. The van der Waals surface area contributed by atoms with Crippen molar-refractivity contribution in [3.8, 4) is 5.75 Å². The third-order valence-electron chi connectivity index (χ3n) is 3.33. The third kappa shape index (κ3) is 5.90. The predicted octanol–water partition coefficient (Wildman–Crippen LogP) is 1.93. The number of benzene rings is 1. The van der Waals surface area contributed by atoms with E-state index < -0.39 is 5.97 Å². The molecule has 0 spiro atoms. The average molecular weight is 321 g/mol. The van der Waals surface area contributed by atoms with Crippen LogP contribution in [0.25, 0.3) is 0 Å². The molecule has 0 unspecified atom stereocenters. The van der Waals surface area contributed by atoms with Crippen LogP contribution in [-0.2, 0) is 14.3 Å². The first-order valence-corrected chi connectivity index (χ1v) is 7.85. The Morgan fingerprint density at radius 2 is 2.04 bits per heavy atom. The highest BCUT2D eigenvalue weighted by molar-refractivity contribution is 5.91. The van der Waals surface area contributed by atoms with E-state index in [-0.39, 0.29) is 24.7 Å². The van der Waals surface area contributed by atoms with Crippen molar-refractivity contribution in [1.82, 2.24) is 5.32 Å². The second kappa shape index (κ2) is 8.53. The van der Waals surface area contributed by atoms with E-state index in [1.54, 1.807) is 24.3 Å². The van der Waals surface area contributed by atoms with Crippen LogP contribution in [0.5, 0.6) is 5.75 Å². The van der Waals surface area contributed by atoms with Gasteiger partial charge < -0.3 is 19.5 Å². The third-order valence-corrected chi connectivity index (χ3v) is 3.33. The molecular formula is C17H23NO5. The summed E-state index contributed by atoms with van der Waals surface area (Å²) in [6, 6.07) is 6.67. The molecule has 2 rings (SSSR count). The molecule has 1 saturated heterocycles. The van der Waals surface area contributed by atoms with Gasteiger partial charge in [0.1, 0.15) is 12.4 Å². The van der Waals surface area contributed by atoms with E-state index >= 15 is 0 Å². The Hall–Kier alpha value is -2.08. The molecule has 1 atom stereocenters. The van der Waals surface area contributed by atoms with Crippen molar-refractivity contribution in [2.24, 2.45) is 0 Å². The normalized spacial score (nSPS) is 17.1. The van der Waals surface area contributed by atoms with Gasteiger partial charge in [-0.1, -0.05) is 0 Å². The summed E-state index contributed by atoms with van der Waals surface area (Å²) in [5.41, 5.74) is 0.381. The van der Waals surface area contributed by atoms with Crippen molar-refractivity contribution in [2.75, 3.05) is 19.8 Å². The first kappa shape index (κ1) is 17.3. The number of carbonyl (C=O) groups excluding carboxylic acids is 2. The number of esters is 1. The second-order valence-corrected chi connectivity index (χ2v) is 5.77. The Kier molecular flexibility index (Phi) is 6.40. The number of nitrogens with one attached hydrogen (secondary N) is 1. The molecule has 6 nitrogen and oxygen atoms in total. The monoisotopic (exact) mass is 321 g/mol. The number of rotatable bonds is 7. The van der Waals surface area contributed by atoms with E-state index in [0.29, 0.717) is 17.9 Å². The Morgan fingerprint density at radius 1 is 1.30 bits per heavy atom. The lowest BCUT2D eigenvalue weighted by atomic mass is 10.2. The summed E-state index contributed by atoms with van der Waals surface area (Å²) >= 11 is 0. The van der Waals surface area contributed by atoms with E-state index in [1.165, 1.54) is 0 Å². The van der Waals surface area contributed by atoms with E-state index in [0.717, 1.165) is 19.4 Å². The van der Waals surface area contributed by atoms with E-state index in [2.05, 4.69) is 5.32 Å². The lowest BCUT2D eigenvalue weighted by Gasteiger charge is -2.12. The number of hydrogen-bond donors (Lipinski definition) is 1. The van der Waals surface area contributed by atoms with Gasteiger partial charge in [0, 0.05) is 12.6 Å². The summed E-state index contributed by atoms with van der Waals surface area (Å²) in [5.74, 6) is -0.172. The van der Waals surface area contributed by atoms with Crippen molar-refractivity contribution < 1.29 is 23.8 Å². The average Bonchev–Trinajstić information content (AvgIpc) is 3.04. The van der Waals surface area contributed by atoms with Gasteiger partial charge >= 0.3 is 5.97 Å². The zero-order chi connectivity index (χ0) is 16.7. The minimum absolute atomic E-state index is 0.0153. The molecule has 1 fully saturated rings. The molecule has 1 aliphatic rings. The van der Waals surface area contributed by atoms with Gasteiger partial charge in [0.15, 0.2) is 6.61 Å². The Morgan fingerprint density at radius 3 is 2.65 bits per heavy atom. The first-order chi connectivity index (χ1) is 11.0. The Balaban J connectivity index is 1.76. The first-order valence-electron chi connectivity index (χ1n) is 7.85. The molecular weight excluding hydrogens is 298 g/mol. The SMILES string of the molecule is CC(C)NC(=O)COC(=O)c1ccc(OC[C@H]2CCCO2)cc1. The van der Waals surface area contributed by atoms with Crippen LogP contribution < -0.4 is 10.1 Å². The van der Waals surface area contributed by atoms with E-state index in [1.807, 2.05) is 13.8 Å². The maximum atomic E-state index is 11.9. The molecule has 1 aromatic rings. The number of carbonyl (C=O) groups is 2. The molecule has 1 aliphatic heterocycles. The molecule has 0 aromatic heterocycles. The summed E-state index contributed by atoms with van der Waals surface area (Å²) in [5, 5.41) is 2.65. The van der Waals surface area contributed by atoms with Gasteiger partial charge in [0.05, 0.1) is 11.7 Å². The molecule has 1 heterocycles. The molecule has 1 N–H and O–H groups in total. The minimum atomic E-state index is -0.533. The lowest BCUT2D eigenvalue weighted by Crippen LogP contribution is -2.33. The van der Waals surface area contributed by atoms with Crippen LogP contribution in [0.4, 0.5) is 0 Å². The lowest BCUT2D eigenvalue weighted by molar-refractivity contribution is -0.124. The van der Waals surface area contributed by atoms with Crippen LogP contribution in [-0.4, -0.2) is 43.8 Å². The van der Waals surface area contributed by atoms with Gasteiger partial charge in [-0.3, -0.25) is 4.79 Å². The van der Waals surface area contributed by atoms with Crippen molar-refractivity contribution in [3.63, 3.8) is 0 Å². The zero-order valence-corrected chi connectivity index (χ0v) is 13.5. The van der Waals surface area contributed by atoms with Gasteiger partial charge in [0.25, 0.3) is 5.91 Å². The van der Waals surface area contributed by atoms with Crippen LogP contribution >= 0.6 is 0 Å². The maximum Gasteiger partial charge on any atom is 0.338 e. The van der Waals surface area contributed by atoms with Crippen LogP contribution in [0.2, 0.25) is 0 Å². The number of amides is 1. The smallest absolute Gasteiger partial charge is 0.338 e. The number of hydrogen-bond acceptors (Lipinski definition) is 5. The van der Waals surface area contributed by atoms with Gasteiger partial charge in [-0.15, -0.1) is 0 Å². The van der Waals surface area contributed by atoms with E-state index in [4.69, 9.17) is 14.2 Å². The highest BCUT2D eigenvalue weighted by Crippen LogP contribution is 2.17. The van der Waals surface area contributed by atoms with Gasteiger partial charge in [-0.05, 0) is 51.0 Å². The van der Waals surface area contributed by atoms with Crippen LogP contribution in [0, 0.1) is 0 Å². The standard InChI is InChI=1S/C17H23NO5/c1-12(2)18-16(19)11-23-17(20)13-5-7-14(8-6-13)22-10-15-4-3-9-21-15/h5-8,12,15H,3-4,9-11H2,1-2H3,(H,18,19)/t15-/m1/s1. The minimum Gasteiger partial charge on any atom is -0.491 e.